The maximum absolute atomic E-state index is 13.1. The van der Waals surface area contributed by atoms with Crippen molar-refractivity contribution >= 4 is 68.2 Å². The van der Waals surface area contributed by atoms with Crippen LogP contribution in [0.2, 0.25) is 0 Å². The van der Waals surface area contributed by atoms with E-state index >= 15 is 0 Å². The van der Waals surface area contributed by atoms with E-state index in [0.717, 1.165) is 64.0 Å². The molecule has 1 saturated heterocycles. The van der Waals surface area contributed by atoms with Gasteiger partial charge in [-0.05, 0) is 49.1 Å². The topological polar surface area (TPSA) is 262 Å². The lowest BCUT2D eigenvalue weighted by Crippen LogP contribution is -2.49. The maximum Gasteiger partial charge on any atom is 0.262 e. The zero-order valence-electron chi connectivity index (χ0n) is 39.2. The molecule has 0 unspecified atom stereocenters. The number of rotatable bonds is 24. The number of nitrogens with one attached hydrogen (secondary N) is 5. The number of ether oxygens (including phenoxy) is 4. The lowest BCUT2D eigenvalue weighted by Gasteiger charge is -2.29. The van der Waals surface area contributed by atoms with Crippen LogP contribution in [0.5, 0.6) is 0 Å². The number of aromatic nitrogens is 5. The predicted molar refractivity (Wildman–Crippen MR) is 266 cm³/mol. The number of β-amino-alcohol motifs (C(OH)–C–C–N with tert-alkyl or cyclic N) is 1. The molecule has 4 atom stereocenters. The molecule has 20 nitrogen and oxygen atoms in total. The number of amides is 3. The van der Waals surface area contributed by atoms with Gasteiger partial charge in [0, 0.05) is 61.5 Å². The van der Waals surface area contributed by atoms with Crippen LogP contribution in [0.4, 0.5) is 17.3 Å². The standard InChI is InChI=1S/C49H61N11O9S/c1-31-46(70-30-55-31)33-11-9-32(10-12-33)25-52-48(64)41-23-34(61)27-60(41)44(63)26-51-43(62)28-69-22-21-68-20-19-67-18-17-66-16-15-59-14-13-35-37(7-4-8-40(35)59)57-47-45-39(53-29-54-49(45)65)24-42(58-47)56-38-6-3-2-5-36(38)50/h4,7-14,24,29-30,34,36,38,41,61H,2-3,5-6,15-23,25-28,50H2,1H3,(H,51,62)(H,52,64)(H,53,54,65)(H2,56,57,58)/t34-,36+,38-,41+/m1/s1. The number of carbonyl (C=O) groups is 3. The molecule has 0 radical (unpaired) electrons. The number of nitrogens with zero attached hydrogens (tertiary/aromatic N) is 5. The molecular weight excluding hydrogens is 919 g/mol. The Morgan fingerprint density at radius 1 is 0.929 bits per heavy atom. The lowest BCUT2D eigenvalue weighted by atomic mass is 9.91. The number of anilines is 3. The van der Waals surface area contributed by atoms with Gasteiger partial charge in [-0.3, -0.25) is 19.2 Å². The van der Waals surface area contributed by atoms with E-state index in [9.17, 15) is 24.3 Å². The third kappa shape index (κ3) is 13.1. The molecule has 1 aliphatic carbocycles. The van der Waals surface area contributed by atoms with Crippen LogP contribution >= 0.6 is 11.3 Å². The third-order valence-corrected chi connectivity index (χ3v) is 13.4. The highest BCUT2D eigenvalue weighted by Gasteiger charge is 2.38. The Balaban J connectivity index is 0.670. The predicted octanol–water partition coefficient (Wildman–Crippen LogP) is 3.59. The summed E-state index contributed by atoms with van der Waals surface area (Å²) in [6.07, 6.45) is 6.79. The van der Waals surface area contributed by atoms with Gasteiger partial charge in [-0.25, -0.2) is 15.0 Å². The average Bonchev–Trinajstić information content (AvgIpc) is 4.10. The van der Waals surface area contributed by atoms with E-state index in [1.165, 1.54) is 11.2 Å². The van der Waals surface area contributed by atoms with Crippen molar-refractivity contribution in [3.63, 3.8) is 0 Å². The summed E-state index contributed by atoms with van der Waals surface area (Å²) in [5.41, 5.74) is 13.2. The molecule has 8 rings (SSSR count). The highest BCUT2D eigenvalue weighted by atomic mass is 32.1. The first-order chi connectivity index (χ1) is 34.1. The number of aliphatic hydroxyl groups excluding tert-OH is 1. The van der Waals surface area contributed by atoms with E-state index in [0.29, 0.717) is 62.1 Å². The van der Waals surface area contributed by atoms with Gasteiger partial charge in [-0.1, -0.05) is 43.2 Å². The molecule has 2 fully saturated rings. The Labute approximate surface area is 408 Å². The molecule has 1 saturated carbocycles. The fourth-order valence-electron chi connectivity index (χ4n) is 8.75. The summed E-state index contributed by atoms with van der Waals surface area (Å²) in [6.45, 7) is 4.59. The van der Waals surface area contributed by atoms with Gasteiger partial charge in [-0.2, -0.15) is 0 Å². The first-order valence-corrected chi connectivity index (χ1v) is 24.6. The van der Waals surface area contributed by atoms with Gasteiger partial charge in [0.15, 0.2) is 0 Å². The highest BCUT2D eigenvalue weighted by molar-refractivity contribution is 7.13. The molecule has 21 heteroatoms. The Hall–Kier alpha value is -6.33. The van der Waals surface area contributed by atoms with Gasteiger partial charge < -0.3 is 65.5 Å². The first-order valence-electron chi connectivity index (χ1n) is 23.7. The van der Waals surface area contributed by atoms with Crippen molar-refractivity contribution in [1.82, 2.24) is 40.0 Å². The SMILES string of the molecule is Cc1ncsc1-c1ccc(CNC(=O)[C@@H]2C[C@@H](O)CN2C(=O)CNC(=O)COCCOCCOCCOCCn2ccc3c(Nc4nc(N[C@@H]5CCCC[C@@H]5N)cc5nc[nH]c(=O)c45)cccc32)cc1. The van der Waals surface area contributed by atoms with E-state index in [1.54, 1.807) is 22.9 Å². The van der Waals surface area contributed by atoms with Gasteiger partial charge >= 0.3 is 0 Å². The molecule has 372 valence electrons. The number of benzene rings is 2. The number of fused-ring (bicyclic) bond motifs is 2. The van der Waals surface area contributed by atoms with Crippen LogP contribution in [0.15, 0.2) is 77.4 Å². The average molecular weight is 980 g/mol. The minimum Gasteiger partial charge on any atom is -0.391 e. The van der Waals surface area contributed by atoms with Crippen molar-refractivity contribution in [3.8, 4) is 10.4 Å². The molecule has 0 spiro atoms. The van der Waals surface area contributed by atoms with Gasteiger partial charge in [-0.15, -0.1) is 11.3 Å². The lowest BCUT2D eigenvalue weighted by molar-refractivity contribution is -0.139. The molecule has 5 heterocycles. The molecule has 3 amide bonds. The molecule has 70 heavy (non-hydrogen) atoms. The maximum atomic E-state index is 13.1. The zero-order valence-corrected chi connectivity index (χ0v) is 40.0. The van der Waals surface area contributed by atoms with Crippen LogP contribution in [0, 0.1) is 6.92 Å². The second-order valence-corrected chi connectivity index (χ2v) is 18.2. The molecule has 1 aliphatic heterocycles. The van der Waals surface area contributed by atoms with Crippen molar-refractivity contribution in [2.24, 2.45) is 5.73 Å². The van der Waals surface area contributed by atoms with Crippen LogP contribution in [0.25, 0.3) is 32.2 Å². The second kappa shape index (κ2) is 24.5. The number of aromatic amines is 1. The van der Waals surface area contributed by atoms with E-state index in [2.05, 4.69) is 40.8 Å². The minimum absolute atomic E-state index is 0.000656. The number of aliphatic hydroxyl groups is 1. The number of nitrogens with two attached hydrogens (primary N) is 1. The Morgan fingerprint density at radius 2 is 1.69 bits per heavy atom. The molecule has 6 aromatic rings. The van der Waals surface area contributed by atoms with Crippen molar-refractivity contribution in [1.29, 1.82) is 0 Å². The summed E-state index contributed by atoms with van der Waals surface area (Å²) in [6, 6.07) is 16.9. The summed E-state index contributed by atoms with van der Waals surface area (Å²) in [5, 5.41) is 23.9. The Morgan fingerprint density at radius 3 is 2.44 bits per heavy atom. The molecular formula is C49H61N11O9S. The largest absolute Gasteiger partial charge is 0.391 e. The number of H-pyrrole nitrogens is 1. The summed E-state index contributed by atoms with van der Waals surface area (Å²) in [7, 11) is 0. The van der Waals surface area contributed by atoms with Gasteiger partial charge in [0.25, 0.3) is 5.56 Å². The number of thiazole rings is 1. The fourth-order valence-corrected chi connectivity index (χ4v) is 9.56. The van der Waals surface area contributed by atoms with E-state index in [-0.39, 0.29) is 69.4 Å². The molecule has 2 aromatic carbocycles. The number of pyridine rings is 1. The number of hydrogen-bond donors (Lipinski definition) is 7. The van der Waals surface area contributed by atoms with Crippen molar-refractivity contribution in [2.75, 3.05) is 76.6 Å². The molecule has 2 aliphatic rings. The van der Waals surface area contributed by atoms with Crippen LogP contribution in [0.3, 0.4) is 0 Å². The first kappa shape index (κ1) is 50.1. The third-order valence-electron chi connectivity index (χ3n) is 12.4. The Kier molecular flexibility index (Phi) is 17.5. The van der Waals surface area contributed by atoms with Gasteiger partial charge in [0.1, 0.15) is 29.7 Å². The number of hydrogen-bond acceptors (Lipinski definition) is 16. The van der Waals surface area contributed by atoms with Crippen LogP contribution in [-0.4, -0.2) is 142 Å². The number of carbonyl (C=O) groups excluding carboxylic acids is 3. The summed E-state index contributed by atoms with van der Waals surface area (Å²) < 4.78 is 24.5. The van der Waals surface area contributed by atoms with E-state index in [4.69, 9.17) is 29.7 Å². The van der Waals surface area contributed by atoms with Crippen molar-refractivity contribution in [2.45, 2.75) is 76.3 Å². The normalized spacial score (nSPS) is 18.1. The van der Waals surface area contributed by atoms with Crippen molar-refractivity contribution in [3.05, 3.63) is 94.2 Å². The van der Waals surface area contributed by atoms with Crippen LogP contribution in [-0.2, 0) is 46.4 Å². The quantitative estimate of drug-likeness (QED) is 0.0428. The zero-order chi connectivity index (χ0) is 48.8. The van der Waals surface area contributed by atoms with E-state index in [1.807, 2.05) is 61.7 Å². The minimum atomic E-state index is -0.848. The van der Waals surface area contributed by atoms with E-state index < -0.39 is 24.0 Å². The summed E-state index contributed by atoms with van der Waals surface area (Å²) in [4.78, 5) is 70.1. The number of aryl methyl sites for hydroxylation is 1. The van der Waals surface area contributed by atoms with Crippen LogP contribution < -0.4 is 32.6 Å². The molecule has 4 aromatic heterocycles. The van der Waals surface area contributed by atoms with Crippen LogP contribution in [0.1, 0.15) is 43.4 Å². The monoisotopic (exact) mass is 979 g/mol. The summed E-state index contributed by atoms with van der Waals surface area (Å²) >= 11 is 1.57. The molecule has 8 N–H and O–H groups in total. The Bertz CT molecular complexity index is 2770. The smallest absolute Gasteiger partial charge is 0.262 e. The van der Waals surface area contributed by atoms with Crippen molar-refractivity contribution < 1.29 is 38.4 Å². The van der Waals surface area contributed by atoms with Gasteiger partial charge in [0.05, 0.1) is 92.3 Å². The highest BCUT2D eigenvalue weighted by Crippen LogP contribution is 2.31. The second-order valence-electron chi connectivity index (χ2n) is 17.4. The summed E-state index contributed by atoms with van der Waals surface area (Å²) in [5.74, 6) is -0.313. The number of likely N-dealkylation sites (tertiary alicyclic amines) is 1. The molecule has 0 bridgehead atoms. The fraction of sp³-hybridized carbons (Fsp3) is 0.449. The van der Waals surface area contributed by atoms with Gasteiger partial charge in [0.2, 0.25) is 17.7 Å².